The van der Waals surface area contributed by atoms with Gasteiger partial charge in [-0.2, -0.15) is 0 Å². The van der Waals surface area contributed by atoms with Gasteiger partial charge in [-0.15, -0.1) is 0 Å². The first-order chi connectivity index (χ1) is 14.1. The zero-order valence-electron chi connectivity index (χ0n) is 17.1. The molecule has 0 saturated carbocycles. The zero-order chi connectivity index (χ0) is 20.3. The largest absolute Gasteiger partial charge is 0.492 e. The van der Waals surface area contributed by atoms with Crippen LogP contribution in [0.5, 0.6) is 5.75 Å². The number of hydrogen-bond acceptors (Lipinski definition) is 3. The molecule has 1 aromatic heterocycles. The van der Waals surface area contributed by atoms with Crippen molar-refractivity contribution in [2.45, 2.75) is 25.9 Å². The van der Waals surface area contributed by atoms with Gasteiger partial charge in [0.05, 0.1) is 12.1 Å². The molecule has 0 saturated heterocycles. The number of aliphatic hydroxyl groups is 1. The van der Waals surface area contributed by atoms with Gasteiger partial charge in [0.2, 0.25) is 0 Å². The van der Waals surface area contributed by atoms with Crippen molar-refractivity contribution in [3.05, 3.63) is 78.4 Å². The smallest absolute Gasteiger partial charge is 0.129 e. The van der Waals surface area contributed by atoms with Gasteiger partial charge in [-0.3, -0.25) is 0 Å². The van der Waals surface area contributed by atoms with Crippen LogP contribution >= 0.6 is 0 Å². The Balaban J connectivity index is 1.68. The Kier molecular flexibility index (Phi) is 5.56. The third-order valence-electron chi connectivity index (χ3n) is 5.30. The highest BCUT2D eigenvalue weighted by Gasteiger charge is 2.16. The Morgan fingerprint density at radius 1 is 0.897 bits per heavy atom. The monoisotopic (exact) mass is 388 g/mol. The van der Waals surface area contributed by atoms with Crippen LogP contribution in [-0.2, 0) is 6.54 Å². The first-order valence-corrected chi connectivity index (χ1v) is 10.1. The van der Waals surface area contributed by atoms with E-state index in [-0.39, 0.29) is 12.1 Å². The summed E-state index contributed by atoms with van der Waals surface area (Å²) in [5, 5.41) is 15.1. The van der Waals surface area contributed by atoms with Crippen molar-refractivity contribution in [3.8, 4) is 5.75 Å². The maximum absolute atomic E-state index is 9.39. The molecule has 0 aliphatic heterocycles. The average molecular weight is 389 g/mol. The summed E-state index contributed by atoms with van der Waals surface area (Å²) in [5.74, 6) is 0.897. The molecule has 4 nitrogen and oxygen atoms in total. The molecule has 1 heterocycles. The van der Waals surface area contributed by atoms with E-state index in [0.29, 0.717) is 13.2 Å². The van der Waals surface area contributed by atoms with E-state index in [1.165, 1.54) is 22.0 Å². The van der Waals surface area contributed by atoms with Crippen LogP contribution in [0.3, 0.4) is 0 Å². The number of hydrogen-bond donors (Lipinski definition) is 2. The lowest BCUT2D eigenvalue weighted by molar-refractivity contribution is 0.180. The van der Waals surface area contributed by atoms with Crippen molar-refractivity contribution in [2.75, 3.05) is 19.8 Å². The van der Waals surface area contributed by atoms with Crippen LogP contribution in [0.1, 0.15) is 19.4 Å². The topological polar surface area (TPSA) is 46.4 Å². The van der Waals surface area contributed by atoms with Crippen LogP contribution in [0.4, 0.5) is 0 Å². The Labute approximate surface area is 171 Å². The van der Waals surface area contributed by atoms with E-state index >= 15 is 0 Å². The Morgan fingerprint density at radius 2 is 1.62 bits per heavy atom. The molecule has 4 heteroatoms. The summed E-state index contributed by atoms with van der Waals surface area (Å²) in [6.45, 7) is 6.08. The molecule has 4 aromatic rings. The van der Waals surface area contributed by atoms with Gasteiger partial charge in [0, 0.05) is 34.9 Å². The predicted molar refractivity (Wildman–Crippen MR) is 120 cm³/mol. The molecule has 0 radical (unpaired) electrons. The summed E-state index contributed by atoms with van der Waals surface area (Å²) in [6, 6.07) is 25.3. The molecule has 0 atom stereocenters. The SMILES string of the molecule is CC(C)(CO)NCCOc1cccc2c1c1ccccc1n2Cc1ccccc1. The Bertz CT molecular complexity index is 1100. The first-order valence-electron chi connectivity index (χ1n) is 10.1. The van der Waals surface area contributed by atoms with E-state index in [2.05, 4.69) is 70.5 Å². The number of benzene rings is 3. The lowest BCUT2D eigenvalue weighted by Crippen LogP contribution is -2.44. The van der Waals surface area contributed by atoms with Crippen LogP contribution < -0.4 is 10.1 Å². The van der Waals surface area contributed by atoms with E-state index in [1.54, 1.807) is 0 Å². The van der Waals surface area contributed by atoms with Crippen LogP contribution in [-0.4, -0.2) is 35.0 Å². The van der Waals surface area contributed by atoms with Gasteiger partial charge < -0.3 is 19.7 Å². The second-order valence-corrected chi connectivity index (χ2v) is 8.06. The Morgan fingerprint density at radius 3 is 2.41 bits per heavy atom. The van der Waals surface area contributed by atoms with E-state index in [4.69, 9.17) is 4.74 Å². The number of nitrogens with one attached hydrogen (secondary N) is 1. The van der Waals surface area contributed by atoms with Crippen LogP contribution in [0.25, 0.3) is 21.8 Å². The molecule has 3 aromatic carbocycles. The molecule has 4 rings (SSSR count). The number of aromatic nitrogens is 1. The molecule has 0 unspecified atom stereocenters. The highest BCUT2D eigenvalue weighted by Crippen LogP contribution is 2.36. The van der Waals surface area contributed by atoms with Crippen molar-refractivity contribution in [2.24, 2.45) is 0 Å². The third kappa shape index (κ3) is 4.14. The van der Waals surface area contributed by atoms with Crippen molar-refractivity contribution >= 4 is 21.8 Å². The molecular weight excluding hydrogens is 360 g/mol. The van der Waals surface area contributed by atoms with Gasteiger partial charge in [0.1, 0.15) is 12.4 Å². The van der Waals surface area contributed by atoms with Gasteiger partial charge in [-0.1, -0.05) is 54.6 Å². The fourth-order valence-electron chi connectivity index (χ4n) is 3.73. The van der Waals surface area contributed by atoms with Crippen molar-refractivity contribution in [1.82, 2.24) is 9.88 Å². The summed E-state index contributed by atoms with van der Waals surface area (Å²) in [7, 11) is 0. The number of para-hydroxylation sites is 1. The molecular formula is C25H28N2O2. The molecule has 0 fully saturated rings. The normalized spacial score (nSPS) is 12.0. The second-order valence-electron chi connectivity index (χ2n) is 8.06. The molecule has 29 heavy (non-hydrogen) atoms. The van der Waals surface area contributed by atoms with Crippen LogP contribution in [0.15, 0.2) is 72.8 Å². The summed E-state index contributed by atoms with van der Waals surface area (Å²) >= 11 is 0. The second kappa shape index (κ2) is 8.27. The molecule has 0 aliphatic carbocycles. The minimum atomic E-state index is -0.304. The van der Waals surface area contributed by atoms with Crippen molar-refractivity contribution in [3.63, 3.8) is 0 Å². The summed E-state index contributed by atoms with van der Waals surface area (Å²) < 4.78 is 8.53. The fourth-order valence-corrected chi connectivity index (χ4v) is 3.73. The maximum Gasteiger partial charge on any atom is 0.129 e. The highest BCUT2D eigenvalue weighted by molar-refractivity contribution is 6.11. The zero-order valence-corrected chi connectivity index (χ0v) is 17.1. The van der Waals surface area contributed by atoms with E-state index in [9.17, 15) is 5.11 Å². The maximum atomic E-state index is 9.39. The lowest BCUT2D eigenvalue weighted by atomic mass is 10.1. The van der Waals surface area contributed by atoms with E-state index in [0.717, 1.165) is 17.7 Å². The highest BCUT2D eigenvalue weighted by atomic mass is 16.5. The fraction of sp³-hybridized carbons (Fsp3) is 0.280. The standard InChI is InChI=1S/C25H28N2O2/c1-25(2,18-28)26-15-16-29-23-14-8-13-22-24(23)20-11-6-7-12-21(20)27(22)17-19-9-4-3-5-10-19/h3-14,26,28H,15-18H2,1-2H3. The van der Waals surface area contributed by atoms with Crippen LogP contribution in [0, 0.1) is 0 Å². The minimum Gasteiger partial charge on any atom is -0.492 e. The molecule has 150 valence electrons. The van der Waals surface area contributed by atoms with Crippen molar-refractivity contribution in [1.29, 1.82) is 0 Å². The van der Waals surface area contributed by atoms with Crippen LogP contribution in [0.2, 0.25) is 0 Å². The summed E-state index contributed by atoms with van der Waals surface area (Å²) in [4.78, 5) is 0. The molecule has 0 spiro atoms. The number of nitrogens with zero attached hydrogens (tertiary/aromatic N) is 1. The number of ether oxygens (including phenoxy) is 1. The molecule has 2 N–H and O–H groups in total. The van der Waals surface area contributed by atoms with Gasteiger partial charge in [-0.05, 0) is 37.6 Å². The van der Waals surface area contributed by atoms with Gasteiger partial charge in [-0.25, -0.2) is 0 Å². The third-order valence-corrected chi connectivity index (χ3v) is 5.30. The van der Waals surface area contributed by atoms with E-state index in [1.807, 2.05) is 26.0 Å². The molecule has 0 amide bonds. The molecule has 0 bridgehead atoms. The van der Waals surface area contributed by atoms with E-state index < -0.39 is 0 Å². The predicted octanol–water partition coefficient (Wildman–Crippen LogP) is 4.58. The van der Waals surface area contributed by atoms with Gasteiger partial charge in [0.15, 0.2) is 0 Å². The number of rotatable bonds is 8. The quantitative estimate of drug-likeness (QED) is 0.434. The van der Waals surface area contributed by atoms with Gasteiger partial charge in [0.25, 0.3) is 0 Å². The lowest BCUT2D eigenvalue weighted by Gasteiger charge is -2.23. The summed E-state index contributed by atoms with van der Waals surface area (Å²) in [5.41, 5.74) is 3.36. The summed E-state index contributed by atoms with van der Waals surface area (Å²) in [6.07, 6.45) is 0. The van der Waals surface area contributed by atoms with Gasteiger partial charge >= 0.3 is 0 Å². The number of aliphatic hydroxyl groups excluding tert-OH is 1. The average Bonchev–Trinajstić information content (AvgIpc) is 3.07. The van der Waals surface area contributed by atoms with Crippen molar-refractivity contribution < 1.29 is 9.84 Å². The molecule has 0 aliphatic rings. The number of fused-ring (bicyclic) bond motifs is 3. The Hall–Kier alpha value is -2.82. The minimum absolute atomic E-state index is 0.0928. The first kappa shape index (κ1) is 19.5.